The Kier molecular flexibility index (Phi) is 10.1. The second-order valence-corrected chi connectivity index (χ2v) is 12.5. The molecule has 0 spiro atoms. The van der Waals surface area contributed by atoms with Crippen molar-refractivity contribution in [2.24, 2.45) is 0 Å². The van der Waals surface area contributed by atoms with Crippen LogP contribution in [0.1, 0.15) is 49.5 Å². The van der Waals surface area contributed by atoms with Gasteiger partial charge < -0.3 is 34.8 Å². The van der Waals surface area contributed by atoms with Gasteiger partial charge in [-0.2, -0.15) is 5.10 Å². The molecule has 0 radical (unpaired) electrons. The number of carbonyl (C=O) groups excluding carboxylic acids is 4. The number of anilines is 1. The van der Waals surface area contributed by atoms with E-state index in [1.54, 1.807) is 23.8 Å². The summed E-state index contributed by atoms with van der Waals surface area (Å²) in [7, 11) is 1.63. The molecule has 3 aromatic rings. The van der Waals surface area contributed by atoms with E-state index in [2.05, 4.69) is 20.6 Å². The van der Waals surface area contributed by atoms with Crippen molar-refractivity contribution in [3.05, 3.63) is 66.4 Å². The summed E-state index contributed by atoms with van der Waals surface area (Å²) in [5.74, 6) is -0.160. The maximum Gasteiger partial charge on any atom is 0.272 e. The molecule has 6 rings (SSSR count). The second-order valence-electron chi connectivity index (χ2n) is 12.5. The smallest absolute Gasteiger partial charge is 0.272 e. The van der Waals surface area contributed by atoms with Crippen molar-refractivity contribution >= 4 is 29.3 Å². The van der Waals surface area contributed by atoms with E-state index in [0.29, 0.717) is 44.8 Å². The number of methoxy groups -OCH3 is 1. The Balaban J connectivity index is 1.07. The summed E-state index contributed by atoms with van der Waals surface area (Å²) in [6.45, 7) is 4.18. The van der Waals surface area contributed by atoms with Crippen LogP contribution in [0.2, 0.25) is 0 Å². The molecule has 2 aromatic carbocycles. The van der Waals surface area contributed by atoms with Crippen LogP contribution in [0.3, 0.4) is 0 Å². The van der Waals surface area contributed by atoms with Crippen molar-refractivity contribution in [3.63, 3.8) is 0 Å². The zero-order chi connectivity index (χ0) is 33.6. The molecule has 3 heterocycles. The molecule has 1 saturated carbocycles. The highest BCUT2D eigenvalue weighted by Crippen LogP contribution is 2.25. The molecule has 2 saturated heterocycles. The molecular weight excluding hydrogens is 614 g/mol. The molecular formula is C35H43N7O6. The average Bonchev–Trinajstić information content (AvgIpc) is 3.77. The van der Waals surface area contributed by atoms with Crippen LogP contribution in [-0.2, 0) is 14.4 Å². The van der Waals surface area contributed by atoms with Gasteiger partial charge in [0, 0.05) is 56.6 Å². The molecule has 13 heteroatoms. The van der Waals surface area contributed by atoms with Gasteiger partial charge in [0.1, 0.15) is 17.8 Å². The maximum absolute atomic E-state index is 13.4. The summed E-state index contributed by atoms with van der Waals surface area (Å²) in [6.07, 6.45) is 4.42. The Bertz CT molecular complexity index is 1620. The summed E-state index contributed by atoms with van der Waals surface area (Å²) in [4.78, 5) is 58.3. The van der Waals surface area contributed by atoms with Gasteiger partial charge in [-0.1, -0.05) is 24.3 Å². The first kappa shape index (κ1) is 32.9. The highest BCUT2D eigenvalue weighted by molar-refractivity contribution is 5.96. The molecule has 0 bridgehead atoms. The molecule has 1 aliphatic carbocycles. The van der Waals surface area contributed by atoms with Gasteiger partial charge in [-0.15, -0.1) is 0 Å². The first-order valence-electron chi connectivity index (χ1n) is 16.7. The SMILES string of the molecule is COc1cccc(N2CCN(C(=O)[C@H](C)NC(=O)c3cc(OCC(=O)N4CCC[C@H]4C(=O)NC4CCC4)n(-c4ccccc4)n3)CC2)c1. The zero-order valence-corrected chi connectivity index (χ0v) is 27.5. The number of piperazine rings is 1. The maximum atomic E-state index is 13.4. The van der Waals surface area contributed by atoms with Crippen LogP contribution in [0, 0.1) is 0 Å². The average molecular weight is 658 g/mol. The first-order chi connectivity index (χ1) is 23.3. The van der Waals surface area contributed by atoms with Gasteiger partial charge in [-0.05, 0) is 63.3 Å². The normalized spacial score (nSPS) is 18.5. The number of amides is 4. The number of para-hydroxylation sites is 1. The number of hydrogen-bond donors (Lipinski definition) is 2. The van der Waals surface area contributed by atoms with E-state index in [1.165, 1.54) is 10.7 Å². The van der Waals surface area contributed by atoms with Gasteiger partial charge in [0.2, 0.25) is 17.7 Å². The van der Waals surface area contributed by atoms with Gasteiger partial charge in [-0.3, -0.25) is 19.2 Å². The third-order valence-electron chi connectivity index (χ3n) is 9.31. The van der Waals surface area contributed by atoms with E-state index in [-0.39, 0.29) is 41.9 Å². The number of rotatable bonds is 11. The van der Waals surface area contributed by atoms with Gasteiger partial charge in [0.15, 0.2) is 12.3 Å². The van der Waals surface area contributed by atoms with E-state index in [0.717, 1.165) is 37.1 Å². The van der Waals surface area contributed by atoms with Crippen LogP contribution < -0.4 is 25.0 Å². The molecule has 2 aliphatic heterocycles. The van der Waals surface area contributed by atoms with Crippen molar-refractivity contribution in [2.75, 3.05) is 51.3 Å². The monoisotopic (exact) mass is 657 g/mol. The van der Waals surface area contributed by atoms with Crippen LogP contribution in [0.25, 0.3) is 5.69 Å². The van der Waals surface area contributed by atoms with Crippen molar-refractivity contribution in [3.8, 4) is 17.3 Å². The van der Waals surface area contributed by atoms with E-state index >= 15 is 0 Å². The topological polar surface area (TPSA) is 138 Å². The van der Waals surface area contributed by atoms with Crippen LogP contribution in [-0.4, -0.2) is 108 Å². The van der Waals surface area contributed by atoms with Crippen LogP contribution in [0.15, 0.2) is 60.7 Å². The summed E-state index contributed by atoms with van der Waals surface area (Å²) >= 11 is 0. The Hall–Kier alpha value is -5.07. The van der Waals surface area contributed by atoms with Crippen LogP contribution in [0.5, 0.6) is 11.6 Å². The molecule has 4 amide bonds. The van der Waals surface area contributed by atoms with Gasteiger partial charge in [0.05, 0.1) is 12.8 Å². The summed E-state index contributed by atoms with van der Waals surface area (Å²) in [5, 5.41) is 10.3. The van der Waals surface area contributed by atoms with Crippen molar-refractivity contribution in [2.45, 2.75) is 57.2 Å². The lowest BCUT2D eigenvalue weighted by atomic mass is 9.93. The van der Waals surface area contributed by atoms with E-state index in [9.17, 15) is 19.2 Å². The number of ether oxygens (including phenoxy) is 2. The number of nitrogens with one attached hydrogen (secondary N) is 2. The largest absolute Gasteiger partial charge is 0.497 e. The van der Waals surface area contributed by atoms with Crippen LogP contribution >= 0.6 is 0 Å². The van der Waals surface area contributed by atoms with E-state index < -0.39 is 18.0 Å². The Morgan fingerprint density at radius 1 is 0.896 bits per heavy atom. The minimum absolute atomic E-state index is 0.0442. The summed E-state index contributed by atoms with van der Waals surface area (Å²) < 4.78 is 12.8. The lowest BCUT2D eigenvalue weighted by molar-refractivity contribution is -0.140. The number of carbonyl (C=O) groups is 4. The quantitative estimate of drug-likeness (QED) is 0.321. The summed E-state index contributed by atoms with van der Waals surface area (Å²) in [5.41, 5.74) is 1.71. The minimum Gasteiger partial charge on any atom is -0.497 e. The second kappa shape index (κ2) is 14.8. The molecule has 3 fully saturated rings. The fourth-order valence-electron chi connectivity index (χ4n) is 6.34. The van der Waals surface area contributed by atoms with E-state index in [4.69, 9.17) is 9.47 Å². The highest BCUT2D eigenvalue weighted by Gasteiger charge is 2.36. The third kappa shape index (κ3) is 7.40. The molecule has 3 aliphatic rings. The molecule has 1 aromatic heterocycles. The summed E-state index contributed by atoms with van der Waals surface area (Å²) in [6, 6.07) is 17.3. The third-order valence-corrected chi connectivity index (χ3v) is 9.31. The first-order valence-corrected chi connectivity index (χ1v) is 16.7. The van der Waals surface area contributed by atoms with Gasteiger partial charge in [0.25, 0.3) is 11.8 Å². The predicted molar refractivity (Wildman–Crippen MR) is 178 cm³/mol. The zero-order valence-electron chi connectivity index (χ0n) is 27.5. The Morgan fingerprint density at radius 3 is 2.35 bits per heavy atom. The van der Waals surface area contributed by atoms with Gasteiger partial charge in [-0.25, -0.2) is 4.68 Å². The van der Waals surface area contributed by atoms with Crippen LogP contribution in [0.4, 0.5) is 5.69 Å². The Morgan fingerprint density at radius 2 is 1.65 bits per heavy atom. The lowest BCUT2D eigenvalue weighted by Gasteiger charge is -2.37. The molecule has 13 nitrogen and oxygen atoms in total. The van der Waals surface area contributed by atoms with Crippen molar-refractivity contribution in [1.29, 1.82) is 0 Å². The van der Waals surface area contributed by atoms with Gasteiger partial charge >= 0.3 is 0 Å². The molecule has 48 heavy (non-hydrogen) atoms. The number of likely N-dealkylation sites (tertiary alicyclic amines) is 1. The van der Waals surface area contributed by atoms with Crippen molar-refractivity contribution < 1.29 is 28.7 Å². The number of benzene rings is 2. The number of hydrogen-bond acceptors (Lipinski definition) is 8. The molecule has 2 atom stereocenters. The fourth-order valence-corrected chi connectivity index (χ4v) is 6.34. The lowest BCUT2D eigenvalue weighted by Crippen LogP contribution is -2.54. The fraction of sp³-hybridized carbons (Fsp3) is 0.457. The minimum atomic E-state index is -0.785. The number of nitrogens with zero attached hydrogens (tertiary/aromatic N) is 5. The molecule has 0 unspecified atom stereocenters. The van der Waals surface area contributed by atoms with Crippen molar-refractivity contribution in [1.82, 2.24) is 30.2 Å². The predicted octanol–water partition coefficient (Wildman–Crippen LogP) is 2.39. The Labute approximate surface area is 280 Å². The van der Waals surface area contributed by atoms with E-state index in [1.807, 2.05) is 54.6 Å². The molecule has 2 N–H and O–H groups in total. The highest BCUT2D eigenvalue weighted by atomic mass is 16.5. The standard InChI is InChI=1S/C35H43N7O6/c1-24(35(46)40-19-17-39(18-20-40)27-13-7-14-28(21-27)47-2)36-33(44)29-22-32(42(38-29)26-11-4-3-5-12-26)48-23-31(43)41-16-8-15-30(41)34(45)37-25-9-6-10-25/h3-5,7,11-14,21-22,24-25,30H,6,8-10,15-20,23H2,1-2H3,(H,36,44)(H,37,45)/t24-,30-/m0/s1. The number of aromatic nitrogens is 2. The molecule has 254 valence electrons.